The van der Waals surface area contributed by atoms with Gasteiger partial charge in [0.15, 0.2) is 15.7 Å². The van der Waals surface area contributed by atoms with Crippen molar-refractivity contribution >= 4 is 33.3 Å². The van der Waals surface area contributed by atoms with Gasteiger partial charge in [0.2, 0.25) is 5.95 Å². The van der Waals surface area contributed by atoms with E-state index in [0.717, 1.165) is 37.2 Å². The van der Waals surface area contributed by atoms with Crippen molar-refractivity contribution in [3.63, 3.8) is 0 Å². The summed E-state index contributed by atoms with van der Waals surface area (Å²) in [5.74, 6) is 1.92. The van der Waals surface area contributed by atoms with E-state index < -0.39 is 9.84 Å². The Hall–Kier alpha value is -3.66. The fourth-order valence-electron chi connectivity index (χ4n) is 5.11. The number of esters is 1. The zero-order valence-corrected chi connectivity index (χ0v) is 22.5. The number of sulfone groups is 1. The van der Waals surface area contributed by atoms with Gasteiger partial charge in [-0.05, 0) is 67.0 Å². The quantitative estimate of drug-likeness (QED) is 0.447. The van der Waals surface area contributed by atoms with Crippen LogP contribution in [0.5, 0.6) is 5.75 Å². The average molecular weight is 537 g/mol. The fourth-order valence-corrected chi connectivity index (χ4v) is 6.73. The molecule has 2 aliphatic rings. The van der Waals surface area contributed by atoms with Crippen molar-refractivity contribution in [2.45, 2.75) is 42.9 Å². The van der Waals surface area contributed by atoms with E-state index in [1.807, 2.05) is 36.4 Å². The number of rotatable bonds is 7. The molecule has 1 saturated heterocycles. The second kappa shape index (κ2) is 11.0. The van der Waals surface area contributed by atoms with Crippen molar-refractivity contribution < 1.29 is 22.7 Å². The van der Waals surface area contributed by atoms with E-state index in [0.29, 0.717) is 41.9 Å². The zero-order valence-electron chi connectivity index (χ0n) is 21.6. The number of fused-ring (bicyclic) bond motifs is 1. The monoisotopic (exact) mass is 536 g/mol. The summed E-state index contributed by atoms with van der Waals surface area (Å²) in [7, 11) is -0.471. The largest absolute Gasteiger partial charge is 0.497 e. The number of anilines is 3. The van der Waals surface area contributed by atoms with E-state index in [1.54, 1.807) is 7.11 Å². The highest BCUT2D eigenvalue weighted by molar-refractivity contribution is 7.91. The zero-order chi connectivity index (χ0) is 26.7. The number of hydrogen-bond donors (Lipinski definition) is 1. The first kappa shape index (κ1) is 26.0. The average Bonchev–Trinajstić information content (AvgIpc) is 2.93. The number of nitrogens with one attached hydrogen (secondary N) is 1. The van der Waals surface area contributed by atoms with Crippen molar-refractivity contribution in [3.05, 3.63) is 65.4 Å². The van der Waals surface area contributed by atoms with E-state index in [1.165, 1.54) is 12.7 Å². The summed E-state index contributed by atoms with van der Waals surface area (Å²) in [5.41, 5.74) is 3.36. The third-order valence-electron chi connectivity index (χ3n) is 7.22. The third kappa shape index (κ3) is 5.60. The predicted molar refractivity (Wildman–Crippen MR) is 145 cm³/mol. The lowest BCUT2D eigenvalue weighted by atomic mass is 9.89. The number of benzene rings is 2. The Kier molecular flexibility index (Phi) is 7.51. The molecule has 0 spiro atoms. The maximum absolute atomic E-state index is 13.0. The highest BCUT2D eigenvalue weighted by atomic mass is 32.2. The van der Waals surface area contributed by atoms with Crippen LogP contribution in [-0.4, -0.2) is 57.4 Å². The Labute approximate surface area is 223 Å². The van der Waals surface area contributed by atoms with Crippen LogP contribution in [-0.2, 0) is 32.2 Å². The molecule has 2 aliphatic heterocycles. The molecule has 1 N–H and O–H groups in total. The molecule has 200 valence electrons. The molecule has 10 heteroatoms. The van der Waals surface area contributed by atoms with Gasteiger partial charge in [0.25, 0.3) is 0 Å². The van der Waals surface area contributed by atoms with Gasteiger partial charge in [0, 0.05) is 18.8 Å². The van der Waals surface area contributed by atoms with Crippen LogP contribution >= 0.6 is 0 Å². The molecule has 5 rings (SSSR count). The first-order chi connectivity index (χ1) is 18.4. The summed E-state index contributed by atoms with van der Waals surface area (Å²) >= 11 is 0. The minimum atomic E-state index is -3.50. The third-order valence-corrected chi connectivity index (χ3v) is 9.10. The van der Waals surface area contributed by atoms with Crippen molar-refractivity contribution in [2.24, 2.45) is 0 Å². The normalized spacial score (nSPS) is 16.9. The molecule has 0 amide bonds. The van der Waals surface area contributed by atoms with Crippen molar-refractivity contribution in [1.29, 1.82) is 0 Å². The summed E-state index contributed by atoms with van der Waals surface area (Å²) in [6.45, 7) is 1.56. The van der Waals surface area contributed by atoms with Crippen molar-refractivity contribution in [2.75, 3.05) is 43.3 Å². The number of carbonyl (C=O) groups is 1. The number of carbonyl (C=O) groups excluding carboxylic acids is 1. The Morgan fingerprint density at radius 2 is 1.74 bits per heavy atom. The van der Waals surface area contributed by atoms with Crippen molar-refractivity contribution in [1.82, 2.24) is 9.97 Å². The molecular weight excluding hydrogens is 504 g/mol. The second-order valence-corrected chi connectivity index (χ2v) is 11.7. The lowest BCUT2D eigenvalue weighted by Gasteiger charge is -2.33. The highest BCUT2D eigenvalue weighted by Crippen LogP contribution is 2.35. The van der Waals surface area contributed by atoms with Crippen molar-refractivity contribution in [3.8, 4) is 5.75 Å². The summed E-state index contributed by atoms with van der Waals surface area (Å²) in [6.07, 6.45) is 3.22. The minimum Gasteiger partial charge on any atom is -0.497 e. The van der Waals surface area contributed by atoms with E-state index in [2.05, 4.69) is 22.3 Å². The lowest BCUT2D eigenvalue weighted by Crippen LogP contribution is -2.35. The first-order valence-electron chi connectivity index (χ1n) is 12.8. The van der Waals surface area contributed by atoms with E-state index in [4.69, 9.17) is 19.4 Å². The van der Waals surface area contributed by atoms with E-state index >= 15 is 0 Å². The SMILES string of the molecule is COC(=O)Cc1ccc(Nc2nc(N3CCC(c4ccc(OC)cc4)CC3)nc3c2S(=O)(=O)CCC3)cc1. The highest BCUT2D eigenvalue weighted by Gasteiger charge is 2.32. The van der Waals surface area contributed by atoms with Crippen LogP contribution in [0.15, 0.2) is 53.4 Å². The molecule has 0 radical (unpaired) electrons. The molecule has 38 heavy (non-hydrogen) atoms. The standard InChI is InChI=1S/C28H32N4O5S/c1-36-23-11-7-20(8-12-23)21-13-15-32(16-14-21)28-30-24-4-3-17-38(34,35)26(24)27(31-28)29-22-9-5-19(6-10-22)18-25(33)37-2/h5-12,21H,3-4,13-18H2,1-2H3,(H,29,30,31). The topological polar surface area (TPSA) is 111 Å². The Bertz CT molecular complexity index is 1400. The molecule has 0 saturated carbocycles. The molecule has 9 nitrogen and oxygen atoms in total. The molecule has 3 heterocycles. The maximum atomic E-state index is 13.0. The van der Waals surface area contributed by atoms with Crippen LogP contribution in [0.25, 0.3) is 0 Å². The van der Waals surface area contributed by atoms with E-state index in [-0.39, 0.29) is 23.0 Å². The second-order valence-electron chi connectivity index (χ2n) is 9.68. The predicted octanol–water partition coefficient (Wildman–Crippen LogP) is 4.05. The molecule has 2 aromatic carbocycles. The van der Waals surface area contributed by atoms with Crippen LogP contribution in [0.1, 0.15) is 42.0 Å². The summed E-state index contributed by atoms with van der Waals surface area (Å²) in [5, 5.41) is 3.22. The van der Waals surface area contributed by atoms with Gasteiger partial charge < -0.3 is 19.7 Å². The van der Waals surface area contributed by atoms with Gasteiger partial charge in [0.1, 0.15) is 10.6 Å². The van der Waals surface area contributed by atoms with Gasteiger partial charge in [-0.1, -0.05) is 24.3 Å². The Morgan fingerprint density at radius 3 is 2.39 bits per heavy atom. The molecule has 3 aromatic rings. The van der Waals surface area contributed by atoms with Crippen LogP contribution in [0.3, 0.4) is 0 Å². The number of hydrogen-bond acceptors (Lipinski definition) is 9. The first-order valence-corrected chi connectivity index (χ1v) is 14.5. The van der Waals surface area contributed by atoms with Crippen LogP contribution < -0.4 is 15.0 Å². The smallest absolute Gasteiger partial charge is 0.309 e. The minimum absolute atomic E-state index is 0.0860. The van der Waals surface area contributed by atoms with Crippen LogP contribution in [0, 0.1) is 0 Å². The summed E-state index contributed by atoms with van der Waals surface area (Å²) < 4.78 is 36.1. The van der Waals surface area contributed by atoms with Gasteiger partial charge >= 0.3 is 5.97 Å². The molecular formula is C28H32N4O5S. The van der Waals surface area contributed by atoms with Crippen LogP contribution in [0.4, 0.5) is 17.5 Å². The summed E-state index contributed by atoms with van der Waals surface area (Å²) in [4.78, 5) is 23.4. The van der Waals surface area contributed by atoms with Gasteiger partial charge in [-0.3, -0.25) is 4.79 Å². The lowest BCUT2D eigenvalue weighted by molar-refractivity contribution is -0.139. The molecule has 0 bridgehead atoms. The molecule has 1 aromatic heterocycles. The van der Waals surface area contributed by atoms with Gasteiger partial charge in [0.05, 0.1) is 32.1 Å². The number of ether oxygens (including phenoxy) is 2. The fraction of sp³-hybridized carbons (Fsp3) is 0.393. The van der Waals surface area contributed by atoms with Gasteiger partial charge in [-0.15, -0.1) is 0 Å². The number of methoxy groups -OCH3 is 2. The Morgan fingerprint density at radius 1 is 1.03 bits per heavy atom. The number of aryl methyl sites for hydroxylation is 1. The summed E-state index contributed by atoms with van der Waals surface area (Å²) in [6, 6.07) is 15.5. The van der Waals surface area contributed by atoms with Crippen LogP contribution in [0.2, 0.25) is 0 Å². The van der Waals surface area contributed by atoms with Gasteiger partial charge in [-0.25, -0.2) is 13.4 Å². The molecule has 1 fully saturated rings. The molecule has 0 atom stereocenters. The Balaban J connectivity index is 1.38. The number of nitrogens with zero attached hydrogens (tertiary/aromatic N) is 3. The molecule has 0 aliphatic carbocycles. The molecule has 0 unspecified atom stereocenters. The number of aromatic nitrogens is 2. The number of piperidine rings is 1. The maximum Gasteiger partial charge on any atom is 0.309 e. The van der Waals surface area contributed by atoms with Gasteiger partial charge in [-0.2, -0.15) is 4.98 Å². The van der Waals surface area contributed by atoms with E-state index in [9.17, 15) is 13.2 Å².